The molecular weight excluding hydrogens is 550 g/mol. The monoisotopic (exact) mass is 579 g/mol. The highest BCUT2D eigenvalue weighted by atomic mass is 35.5. The van der Waals surface area contributed by atoms with Gasteiger partial charge in [-0.15, -0.1) is 34.2 Å². The van der Waals surface area contributed by atoms with Crippen molar-refractivity contribution in [1.29, 1.82) is 0 Å². The Morgan fingerprint density at radius 2 is 1.92 bits per heavy atom. The van der Waals surface area contributed by atoms with Crippen molar-refractivity contribution in [3.63, 3.8) is 0 Å². The molecule has 2 aliphatic carbocycles. The van der Waals surface area contributed by atoms with Gasteiger partial charge in [-0.1, -0.05) is 12.1 Å². The summed E-state index contributed by atoms with van der Waals surface area (Å²) < 4.78 is 44.3. The van der Waals surface area contributed by atoms with Crippen molar-refractivity contribution in [2.75, 3.05) is 4.90 Å². The highest BCUT2D eigenvalue weighted by Crippen LogP contribution is 2.51. The van der Waals surface area contributed by atoms with Gasteiger partial charge in [0.25, 0.3) is 5.91 Å². The number of halogens is 5. The van der Waals surface area contributed by atoms with E-state index in [0.717, 1.165) is 30.7 Å². The van der Waals surface area contributed by atoms with E-state index in [0.29, 0.717) is 24.1 Å². The standard InChI is InChI=1S/C28H29ClF3N5O.ClH/c1-26(7-4-8-26)33-14-17-9-21-22(23(10-17)28(30,31)32)15-37(24(21)38)20-6-3-5-18(11-20)27(12-19(29)13-27)25-35-34-16-36(25)2;/h3,5-6,9-11,16,19,33H,4,7-8,12-15H2,1-2H3;1H. The number of carbonyl (C=O) groups excluding carboxylic acids is 1. The molecule has 0 atom stereocenters. The Bertz CT molecular complexity index is 1410. The fraction of sp³-hybridized carbons (Fsp3) is 0.464. The first-order valence-electron chi connectivity index (χ1n) is 12.9. The quantitative estimate of drug-likeness (QED) is 0.356. The molecule has 6 nitrogen and oxygen atoms in total. The number of fused-ring (bicyclic) bond motifs is 1. The normalized spacial score (nSPS) is 23.6. The van der Waals surface area contributed by atoms with Gasteiger partial charge in [-0.2, -0.15) is 13.2 Å². The summed E-state index contributed by atoms with van der Waals surface area (Å²) in [6, 6.07) is 10.3. The van der Waals surface area contributed by atoms with Crippen molar-refractivity contribution < 1.29 is 18.0 Å². The summed E-state index contributed by atoms with van der Waals surface area (Å²) in [6.45, 7) is 2.24. The Balaban J connectivity index is 0.00000308. The maximum absolute atomic E-state index is 14.2. The van der Waals surface area contributed by atoms with Crippen LogP contribution in [0.1, 0.15) is 77.5 Å². The number of aryl methyl sites for hydroxylation is 1. The molecule has 0 spiro atoms. The SMILES string of the molecule is Cl.Cn1cnnc1C1(c2cccc(N3Cc4c(cc(CNC5(C)CCC5)cc4C(F)(F)F)C3=O)c2)CC(Cl)C1. The van der Waals surface area contributed by atoms with E-state index in [-0.39, 0.29) is 47.5 Å². The van der Waals surface area contributed by atoms with Crippen LogP contribution < -0.4 is 10.2 Å². The van der Waals surface area contributed by atoms with Crippen molar-refractivity contribution in [3.8, 4) is 0 Å². The fourth-order valence-corrected chi connectivity index (χ4v) is 6.69. The number of rotatable bonds is 6. The molecule has 208 valence electrons. The Kier molecular flexibility index (Phi) is 7.01. The number of nitrogens with one attached hydrogen (secondary N) is 1. The molecule has 6 rings (SSSR count). The number of carbonyl (C=O) groups is 1. The minimum Gasteiger partial charge on any atom is -0.320 e. The van der Waals surface area contributed by atoms with Gasteiger partial charge in [0.2, 0.25) is 0 Å². The van der Waals surface area contributed by atoms with Crippen LogP contribution in [0.5, 0.6) is 0 Å². The lowest BCUT2D eigenvalue weighted by atomic mass is 9.63. The molecule has 11 heteroatoms. The third-order valence-corrected chi connectivity index (χ3v) is 8.88. The molecule has 39 heavy (non-hydrogen) atoms. The van der Waals surface area contributed by atoms with Gasteiger partial charge in [0.1, 0.15) is 12.2 Å². The van der Waals surface area contributed by atoms with Gasteiger partial charge in [0.15, 0.2) is 0 Å². The predicted octanol–water partition coefficient (Wildman–Crippen LogP) is 6.14. The van der Waals surface area contributed by atoms with Crippen molar-refractivity contribution in [1.82, 2.24) is 20.1 Å². The Hall–Kier alpha value is -2.62. The van der Waals surface area contributed by atoms with Gasteiger partial charge in [-0.25, -0.2) is 0 Å². The number of hydrogen-bond acceptors (Lipinski definition) is 4. The lowest BCUT2D eigenvalue weighted by Crippen LogP contribution is -2.47. The molecule has 2 fully saturated rings. The van der Waals surface area contributed by atoms with Gasteiger partial charge >= 0.3 is 6.18 Å². The van der Waals surface area contributed by atoms with E-state index < -0.39 is 23.1 Å². The lowest BCUT2D eigenvalue weighted by Gasteiger charge is -2.44. The number of amides is 1. The summed E-state index contributed by atoms with van der Waals surface area (Å²) in [5.74, 6) is 0.357. The second-order valence-electron chi connectivity index (χ2n) is 11.2. The molecule has 1 aliphatic heterocycles. The van der Waals surface area contributed by atoms with Crippen LogP contribution in [-0.2, 0) is 31.7 Å². The van der Waals surface area contributed by atoms with Crippen LogP contribution in [0.3, 0.4) is 0 Å². The first kappa shape index (κ1) is 27.9. The third kappa shape index (κ3) is 4.72. The molecule has 3 aromatic rings. The minimum atomic E-state index is -4.56. The van der Waals surface area contributed by atoms with Crippen LogP contribution >= 0.6 is 24.0 Å². The van der Waals surface area contributed by atoms with E-state index in [9.17, 15) is 18.0 Å². The molecule has 2 aromatic carbocycles. The molecule has 0 unspecified atom stereocenters. The van der Waals surface area contributed by atoms with Gasteiger partial charge < -0.3 is 14.8 Å². The number of aromatic nitrogens is 3. The van der Waals surface area contributed by atoms with Crippen LogP contribution in [0.25, 0.3) is 0 Å². The van der Waals surface area contributed by atoms with E-state index in [1.807, 2.05) is 29.8 Å². The summed E-state index contributed by atoms with van der Waals surface area (Å²) in [7, 11) is 1.87. The largest absolute Gasteiger partial charge is 0.416 e. The van der Waals surface area contributed by atoms with Gasteiger partial charge in [-0.3, -0.25) is 4.79 Å². The van der Waals surface area contributed by atoms with Crippen LogP contribution in [0.15, 0.2) is 42.7 Å². The molecule has 1 aromatic heterocycles. The first-order chi connectivity index (χ1) is 18.0. The maximum Gasteiger partial charge on any atom is 0.416 e. The molecule has 0 saturated heterocycles. The minimum absolute atomic E-state index is 0. The maximum atomic E-state index is 14.2. The van der Waals surface area contributed by atoms with Crippen molar-refractivity contribution >= 4 is 35.6 Å². The molecule has 0 radical (unpaired) electrons. The Labute approximate surface area is 236 Å². The van der Waals surface area contributed by atoms with Gasteiger partial charge in [-0.05, 0) is 80.0 Å². The first-order valence-corrected chi connectivity index (χ1v) is 13.3. The summed E-state index contributed by atoms with van der Waals surface area (Å²) >= 11 is 6.41. The number of hydrogen-bond donors (Lipinski definition) is 1. The molecule has 1 amide bonds. The molecule has 3 aliphatic rings. The predicted molar refractivity (Wildman–Crippen MR) is 145 cm³/mol. The van der Waals surface area contributed by atoms with Crippen LogP contribution in [-0.4, -0.2) is 31.6 Å². The summed E-state index contributed by atoms with van der Waals surface area (Å²) in [5, 5.41) is 11.7. The average molecular weight is 580 g/mol. The second kappa shape index (κ2) is 9.78. The summed E-state index contributed by atoms with van der Waals surface area (Å²) in [6.07, 6.45) is 1.49. The zero-order valence-corrected chi connectivity index (χ0v) is 23.3. The van der Waals surface area contributed by atoms with Gasteiger partial charge in [0.05, 0.1) is 17.5 Å². The van der Waals surface area contributed by atoms with Crippen molar-refractivity contribution in [2.45, 2.75) is 74.6 Å². The zero-order chi connectivity index (χ0) is 26.9. The van der Waals surface area contributed by atoms with E-state index in [1.54, 1.807) is 18.5 Å². The molecular formula is C28H30Cl2F3N5O. The molecule has 0 bridgehead atoms. The van der Waals surface area contributed by atoms with Gasteiger partial charge in [0, 0.05) is 35.8 Å². The lowest BCUT2D eigenvalue weighted by molar-refractivity contribution is -0.138. The van der Waals surface area contributed by atoms with Crippen LogP contribution in [0, 0.1) is 0 Å². The molecule has 1 N–H and O–H groups in total. The summed E-state index contributed by atoms with van der Waals surface area (Å²) in [5.41, 5.74) is 0.827. The third-order valence-electron chi connectivity index (χ3n) is 8.57. The number of anilines is 1. The highest BCUT2D eigenvalue weighted by Gasteiger charge is 2.50. The zero-order valence-electron chi connectivity index (χ0n) is 21.7. The van der Waals surface area contributed by atoms with E-state index >= 15 is 0 Å². The summed E-state index contributed by atoms with van der Waals surface area (Å²) in [4.78, 5) is 15.0. The molecule has 2 saturated carbocycles. The van der Waals surface area contributed by atoms with Crippen LogP contribution in [0.4, 0.5) is 18.9 Å². The van der Waals surface area contributed by atoms with Crippen molar-refractivity contribution in [2.24, 2.45) is 7.05 Å². The fourth-order valence-electron chi connectivity index (χ4n) is 6.16. The average Bonchev–Trinajstić information content (AvgIpc) is 3.41. The van der Waals surface area contributed by atoms with E-state index in [2.05, 4.69) is 22.4 Å². The van der Waals surface area contributed by atoms with E-state index in [4.69, 9.17) is 11.6 Å². The van der Waals surface area contributed by atoms with E-state index in [1.165, 1.54) is 11.0 Å². The van der Waals surface area contributed by atoms with Crippen LogP contribution in [0.2, 0.25) is 0 Å². The number of nitrogens with zero attached hydrogens (tertiary/aromatic N) is 4. The van der Waals surface area contributed by atoms with Crippen molar-refractivity contribution in [3.05, 3.63) is 76.4 Å². The second-order valence-corrected chi connectivity index (χ2v) is 11.8. The number of benzene rings is 2. The smallest absolute Gasteiger partial charge is 0.320 e. The highest BCUT2D eigenvalue weighted by molar-refractivity contribution is 6.21. The molecule has 2 heterocycles. The topological polar surface area (TPSA) is 63.1 Å². The number of alkyl halides is 4. The Morgan fingerprint density at radius 1 is 1.18 bits per heavy atom. The Morgan fingerprint density at radius 3 is 2.51 bits per heavy atom.